The van der Waals surface area contributed by atoms with Crippen LogP contribution >= 0.6 is 11.6 Å². The van der Waals surface area contributed by atoms with Crippen LogP contribution in [0.3, 0.4) is 0 Å². The van der Waals surface area contributed by atoms with E-state index in [2.05, 4.69) is 0 Å². The topological polar surface area (TPSA) is 106 Å². The third-order valence-electron chi connectivity index (χ3n) is 1.98. The molecule has 0 heterocycles. The van der Waals surface area contributed by atoms with Gasteiger partial charge in [0.1, 0.15) is 0 Å². The zero-order valence-corrected chi connectivity index (χ0v) is 8.85. The van der Waals surface area contributed by atoms with Gasteiger partial charge in [-0.1, -0.05) is 11.6 Å². The van der Waals surface area contributed by atoms with Gasteiger partial charge in [0.2, 0.25) is 0 Å². The van der Waals surface area contributed by atoms with Gasteiger partial charge in [-0.2, -0.15) is 0 Å². The van der Waals surface area contributed by atoms with Gasteiger partial charge in [-0.25, -0.2) is 0 Å². The summed E-state index contributed by atoms with van der Waals surface area (Å²) in [5.74, 6) is -1.09. The quantitative estimate of drug-likeness (QED) is 0.619. The van der Waals surface area contributed by atoms with Crippen LogP contribution in [-0.2, 0) is 4.79 Å². The van der Waals surface area contributed by atoms with E-state index in [0.29, 0.717) is 0 Å². The summed E-state index contributed by atoms with van der Waals surface area (Å²) in [6.07, 6.45) is -0.332. The number of nitro groups is 1. The fraction of sp³-hybridized carbons (Fsp3) is 0.222. The second-order valence-electron chi connectivity index (χ2n) is 3.17. The number of benzene rings is 1. The second-order valence-corrected chi connectivity index (χ2v) is 3.57. The fourth-order valence-corrected chi connectivity index (χ4v) is 1.48. The molecule has 1 atom stereocenters. The Morgan fingerprint density at radius 1 is 1.62 bits per heavy atom. The average molecular weight is 245 g/mol. The Morgan fingerprint density at radius 2 is 2.25 bits per heavy atom. The zero-order valence-electron chi connectivity index (χ0n) is 8.09. The molecule has 0 aliphatic rings. The van der Waals surface area contributed by atoms with Gasteiger partial charge in [-0.15, -0.1) is 0 Å². The zero-order chi connectivity index (χ0) is 12.3. The highest BCUT2D eigenvalue weighted by Crippen LogP contribution is 2.27. The summed E-state index contributed by atoms with van der Waals surface area (Å²) in [7, 11) is 0. The minimum Gasteiger partial charge on any atom is -0.481 e. The first-order valence-electron chi connectivity index (χ1n) is 4.33. The number of nitrogens with zero attached hydrogens (tertiary/aromatic N) is 1. The first-order valence-corrected chi connectivity index (χ1v) is 4.71. The van der Waals surface area contributed by atoms with Crippen LogP contribution in [-0.4, -0.2) is 16.0 Å². The van der Waals surface area contributed by atoms with Crippen LogP contribution in [0, 0.1) is 10.1 Å². The highest BCUT2D eigenvalue weighted by Gasteiger charge is 2.17. The van der Waals surface area contributed by atoms with Crippen LogP contribution in [0.15, 0.2) is 18.2 Å². The van der Waals surface area contributed by atoms with Crippen molar-refractivity contribution in [2.75, 3.05) is 0 Å². The van der Waals surface area contributed by atoms with Crippen LogP contribution < -0.4 is 5.73 Å². The van der Waals surface area contributed by atoms with Gasteiger partial charge in [-0.05, 0) is 11.6 Å². The van der Waals surface area contributed by atoms with Crippen molar-refractivity contribution in [1.82, 2.24) is 0 Å². The van der Waals surface area contributed by atoms with Crippen LogP contribution in [0.2, 0.25) is 5.02 Å². The lowest BCUT2D eigenvalue weighted by Crippen LogP contribution is -2.15. The van der Waals surface area contributed by atoms with E-state index in [4.69, 9.17) is 22.4 Å². The molecule has 0 saturated carbocycles. The lowest BCUT2D eigenvalue weighted by Gasteiger charge is -2.10. The molecule has 0 bridgehead atoms. The third-order valence-corrected chi connectivity index (χ3v) is 2.33. The predicted molar refractivity (Wildman–Crippen MR) is 57.3 cm³/mol. The Bertz CT molecular complexity index is 436. The lowest BCUT2D eigenvalue weighted by molar-refractivity contribution is -0.384. The number of aliphatic carboxylic acids is 1. The minimum absolute atomic E-state index is 0.166. The van der Waals surface area contributed by atoms with Crippen molar-refractivity contribution in [3.05, 3.63) is 38.9 Å². The van der Waals surface area contributed by atoms with Gasteiger partial charge in [0.25, 0.3) is 5.69 Å². The highest BCUT2D eigenvalue weighted by atomic mass is 35.5. The number of non-ortho nitro benzene ring substituents is 1. The van der Waals surface area contributed by atoms with Gasteiger partial charge in [0.15, 0.2) is 0 Å². The van der Waals surface area contributed by atoms with Crippen molar-refractivity contribution in [3.8, 4) is 0 Å². The van der Waals surface area contributed by atoms with Gasteiger partial charge in [-0.3, -0.25) is 14.9 Å². The molecular weight excluding hydrogens is 236 g/mol. The van der Waals surface area contributed by atoms with Crippen LogP contribution in [0.4, 0.5) is 5.69 Å². The molecule has 0 unspecified atom stereocenters. The second kappa shape index (κ2) is 4.91. The van der Waals surface area contributed by atoms with Crippen LogP contribution in [0.1, 0.15) is 18.0 Å². The molecule has 0 fully saturated rings. The molecule has 7 heteroatoms. The van der Waals surface area contributed by atoms with Gasteiger partial charge < -0.3 is 10.8 Å². The summed E-state index contributed by atoms with van der Waals surface area (Å²) in [6, 6.07) is 2.90. The van der Waals surface area contributed by atoms with Crippen molar-refractivity contribution < 1.29 is 14.8 Å². The van der Waals surface area contributed by atoms with E-state index < -0.39 is 16.9 Å². The summed E-state index contributed by atoms with van der Waals surface area (Å²) in [5, 5.41) is 19.3. The summed E-state index contributed by atoms with van der Waals surface area (Å²) in [4.78, 5) is 20.4. The molecule has 16 heavy (non-hydrogen) atoms. The van der Waals surface area contributed by atoms with Gasteiger partial charge in [0, 0.05) is 23.2 Å². The average Bonchev–Trinajstić information content (AvgIpc) is 2.16. The highest BCUT2D eigenvalue weighted by molar-refractivity contribution is 6.31. The van der Waals surface area contributed by atoms with E-state index in [1.807, 2.05) is 0 Å². The number of halogens is 1. The number of hydrogen-bond acceptors (Lipinski definition) is 4. The number of carboxylic acids is 1. The Morgan fingerprint density at radius 3 is 2.75 bits per heavy atom. The maximum atomic E-state index is 10.5. The number of nitro benzene ring substituents is 1. The standard InChI is InChI=1S/C9H9ClN2O4/c10-7-2-1-5(12(15)16)3-6(7)8(11)4-9(13)14/h1-3,8H,4,11H2,(H,13,14)/t8-/m0/s1. The van der Waals surface area contributed by atoms with Crippen LogP contribution in [0.25, 0.3) is 0 Å². The molecule has 0 aromatic heterocycles. The largest absolute Gasteiger partial charge is 0.481 e. The molecule has 1 aromatic rings. The summed E-state index contributed by atoms with van der Waals surface area (Å²) < 4.78 is 0. The van der Waals surface area contributed by atoms with Crippen molar-refractivity contribution >= 4 is 23.3 Å². The lowest BCUT2D eigenvalue weighted by atomic mass is 10.0. The van der Waals surface area contributed by atoms with E-state index in [-0.39, 0.29) is 22.7 Å². The summed E-state index contributed by atoms with van der Waals surface area (Å²) in [5.41, 5.74) is 5.67. The van der Waals surface area contributed by atoms with Gasteiger partial charge >= 0.3 is 5.97 Å². The molecule has 0 aliphatic carbocycles. The SMILES string of the molecule is N[C@@H](CC(=O)O)c1cc([N+](=O)[O-])ccc1Cl. The number of rotatable bonds is 4. The summed E-state index contributed by atoms with van der Waals surface area (Å²) >= 11 is 5.78. The Balaban J connectivity index is 3.06. The van der Waals surface area contributed by atoms with Crippen molar-refractivity contribution in [2.24, 2.45) is 5.73 Å². The molecular formula is C9H9ClN2O4. The number of nitrogens with two attached hydrogens (primary N) is 1. The van der Waals surface area contributed by atoms with Crippen molar-refractivity contribution in [1.29, 1.82) is 0 Å². The van der Waals surface area contributed by atoms with E-state index in [9.17, 15) is 14.9 Å². The first-order chi connectivity index (χ1) is 7.41. The monoisotopic (exact) mass is 244 g/mol. The smallest absolute Gasteiger partial charge is 0.305 e. The van der Waals surface area contributed by atoms with E-state index >= 15 is 0 Å². The van der Waals surface area contributed by atoms with E-state index in [1.165, 1.54) is 18.2 Å². The molecule has 0 saturated heterocycles. The number of carboxylic acid groups (broad SMARTS) is 1. The molecule has 6 nitrogen and oxygen atoms in total. The number of hydrogen-bond donors (Lipinski definition) is 2. The third kappa shape index (κ3) is 2.91. The molecule has 0 amide bonds. The first kappa shape index (κ1) is 12.4. The molecule has 86 valence electrons. The molecule has 0 radical (unpaired) electrons. The summed E-state index contributed by atoms with van der Waals surface area (Å²) in [6.45, 7) is 0. The van der Waals surface area contributed by atoms with Crippen LogP contribution in [0.5, 0.6) is 0 Å². The molecule has 0 aliphatic heterocycles. The molecule has 0 spiro atoms. The Kier molecular flexibility index (Phi) is 3.81. The Labute approximate surface area is 95.8 Å². The molecule has 1 rings (SSSR count). The fourth-order valence-electron chi connectivity index (χ4n) is 1.23. The van der Waals surface area contributed by atoms with Crippen molar-refractivity contribution in [3.63, 3.8) is 0 Å². The normalized spacial score (nSPS) is 12.1. The molecule has 1 aromatic carbocycles. The maximum Gasteiger partial charge on any atom is 0.305 e. The number of carbonyl (C=O) groups is 1. The predicted octanol–water partition coefficient (Wildman–Crippen LogP) is 1.72. The molecule has 3 N–H and O–H groups in total. The van der Waals surface area contributed by atoms with E-state index in [0.717, 1.165) is 0 Å². The maximum absolute atomic E-state index is 10.5. The minimum atomic E-state index is -1.09. The van der Waals surface area contributed by atoms with Crippen molar-refractivity contribution in [2.45, 2.75) is 12.5 Å². The Hall–Kier alpha value is -1.66. The van der Waals surface area contributed by atoms with E-state index in [1.54, 1.807) is 0 Å². The van der Waals surface area contributed by atoms with Gasteiger partial charge in [0.05, 0.1) is 11.3 Å².